The number of likely N-dealkylation sites (tertiary alicyclic amines) is 1. The van der Waals surface area contributed by atoms with Gasteiger partial charge in [0.05, 0.1) is 6.10 Å². The Hall–Kier alpha value is -1.01. The van der Waals surface area contributed by atoms with Crippen LogP contribution in [-0.4, -0.2) is 35.1 Å². The predicted molar refractivity (Wildman–Crippen MR) is 45.3 cm³/mol. The lowest BCUT2D eigenvalue weighted by Gasteiger charge is -2.14. The lowest BCUT2D eigenvalue weighted by atomic mass is 10.3. The molecule has 1 saturated heterocycles. The van der Waals surface area contributed by atoms with Crippen molar-refractivity contribution in [2.75, 3.05) is 13.1 Å². The van der Waals surface area contributed by atoms with Crippen LogP contribution in [0.1, 0.15) is 19.3 Å². The first kappa shape index (κ1) is 9.08. The number of β-amino-alcohol motifs (C(OH)–C–C–N with tert-alkyl or cyclic N) is 1. The van der Waals surface area contributed by atoms with E-state index in [2.05, 4.69) is 5.92 Å². The number of amides is 1. The minimum absolute atomic E-state index is 0.0597. The van der Waals surface area contributed by atoms with Crippen molar-refractivity contribution >= 4 is 5.91 Å². The molecule has 12 heavy (non-hydrogen) atoms. The summed E-state index contributed by atoms with van der Waals surface area (Å²) in [5.41, 5.74) is 0. The normalized spacial score (nSPS) is 22.3. The van der Waals surface area contributed by atoms with Crippen molar-refractivity contribution in [1.82, 2.24) is 4.90 Å². The summed E-state index contributed by atoms with van der Waals surface area (Å²) in [6, 6.07) is 0. The maximum Gasteiger partial charge on any atom is 0.223 e. The van der Waals surface area contributed by atoms with Crippen LogP contribution >= 0.6 is 0 Å². The highest BCUT2D eigenvalue weighted by Crippen LogP contribution is 2.10. The molecule has 0 aliphatic carbocycles. The lowest BCUT2D eigenvalue weighted by Crippen LogP contribution is -2.29. The molecule has 1 atom stereocenters. The Labute approximate surface area is 72.4 Å². The molecule has 0 bridgehead atoms. The Morgan fingerprint density at radius 2 is 2.50 bits per heavy atom. The van der Waals surface area contributed by atoms with Gasteiger partial charge in [-0.2, -0.15) is 0 Å². The van der Waals surface area contributed by atoms with Gasteiger partial charge in [-0.3, -0.25) is 4.79 Å². The molecule has 0 saturated carbocycles. The molecule has 0 aromatic rings. The molecule has 0 aromatic carbocycles. The zero-order chi connectivity index (χ0) is 8.97. The first-order chi connectivity index (χ1) is 5.74. The smallest absolute Gasteiger partial charge is 0.223 e. The average Bonchev–Trinajstić information content (AvgIpc) is 2.47. The summed E-state index contributed by atoms with van der Waals surface area (Å²) < 4.78 is 0. The van der Waals surface area contributed by atoms with Crippen LogP contribution in [0, 0.1) is 12.3 Å². The summed E-state index contributed by atoms with van der Waals surface area (Å²) in [7, 11) is 0. The standard InChI is InChI=1S/C9H13NO2/c1-2-3-4-9(12)10-6-5-8(11)7-10/h1,8,11H,3-7H2/t8-/m0/s1. The highest BCUT2D eigenvalue weighted by Gasteiger charge is 2.23. The molecule has 3 nitrogen and oxygen atoms in total. The summed E-state index contributed by atoms with van der Waals surface area (Å²) in [5, 5.41) is 9.14. The molecule has 1 aliphatic rings. The topological polar surface area (TPSA) is 40.5 Å². The fourth-order valence-electron chi connectivity index (χ4n) is 1.31. The maximum atomic E-state index is 11.3. The van der Waals surface area contributed by atoms with E-state index in [0.717, 1.165) is 0 Å². The molecular weight excluding hydrogens is 154 g/mol. The molecule has 0 radical (unpaired) electrons. The van der Waals surface area contributed by atoms with Gasteiger partial charge < -0.3 is 10.0 Å². The third-order valence-corrected chi connectivity index (χ3v) is 2.00. The van der Waals surface area contributed by atoms with E-state index in [0.29, 0.717) is 32.4 Å². The summed E-state index contributed by atoms with van der Waals surface area (Å²) in [5.74, 6) is 2.48. The minimum atomic E-state index is -0.334. The first-order valence-corrected chi connectivity index (χ1v) is 4.13. The number of aliphatic hydroxyl groups is 1. The maximum absolute atomic E-state index is 11.3. The number of aliphatic hydroxyl groups excluding tert-OH is 1. The molecule has 0 aromatic heterocycles. The molecule has 1 amide bonds. The van der Waals surface area contributed by atoms with Crippen molar-refractivity contribution in [3.05, 3.63) is 0 Å². The van der Waals surface area contributed by atoms with E-state index in [9.17, 15) is 4.79 Å². The number of hydrogen-bond acceptors (Lipinski definition) is 2. The minimum Gasteiger partial charge on any atom is -0.391 e. The molecule has 1 fully saturated rings. The van der Waals surface area contributed by atoms with Crippen LogP contribution in [0.25, 0.3) is 0 Å². The van der Waals surface area contributed by atoms with E-state index in [1.54, 1.807) is 4.90 Å². The van der Waals surface area contributed by atoms with E-state index in [4.69, 9.17) is 11.5 Å². The largest absolute Gasteiger partial charge is 0.391 e. The Morgan fingerprint density at radius 1 is 1.75 bits per heavy atom. The van der Waals surface area contributed by atoms with Crippen molar-refractivity contribution in [3.63, 3.8) is 0 Å². The molecule has 1 rings (SSSR count). The highest BCUT2D eigenvalue weighted by molar-refractivity contribution is 5.76. The molecule has 1 N–H and O–H groups in total. The van der Waals surface area contributed by atoms with E-state index >= 15 is 0 Å². The lowest BCUT2D eigenvalue weighted by molar-refractivity contribution is -0.130. The van der Waals surface area contributed by atoms with Crippen molar-refractivity contribution in [2.45, 2.75) is 25.4 Å². The molecule has 0 unspecified atom stereocenters. The summed E-state index contributed by atoms with van der Waals surface area (Å²) in [6.45, 7) is 1.15. The van der Waals surface area contributed by atoms with Crippen LogP contribution in [0.4, 0.5) is 0 Å². The van der Waals surface area contributed by atoms with Crippen molar-refractivity contribution in [3.8, 4) is 12.3 Å². The van der Waals surface area contributed by atoms with E-state index in [1.165, 1.54) is 0 Å². The third-order valence-electron chi connectivity index (χ3n) is 2.00. The Balaban J connectivity index is 2.29. The van der Waals surface area contributed by atoms with Gasteiger partial charge in [0.15, 0.2) is 0 Å². The Bertz CT molecular complexity index is 207. The van der Waals surface area contributed by atoms with Crippen LogP contribution < -0.4 is 0 Å². The van der Waals surface area contributed by atoms with Crippen molar-refractivity contribution in [2.24, 2.45) is 0 Å². The van der Waals surface area contributed by atoms with Gasteiger partial charge in [0.2, 0.25) is 5.91 Å². The van der Waals surface area contributed by atoms with E-state index < -0.39 is 0 Å². The van der Waals surface area contributed by atoms with Gasteiger partial charge >= 0.3 is 0 Å². The highest BCUT2D eigenvalue weighted by atomic mass is 16.3. The zero-order valence-corrected chi connectivity index (χ0v) is 6.99. The molecule has 0 spiro atoms. The van der Waals surface area contributed by atoms with Crippen LogP contribution in [0.2, 0.25) is 0 Å². The van der Waals surface area contributed by atoms with Gasteiger partial charge in [-0.1, -0.05) is 0 Å². The van der Waals surface area contributed by atoms with Crippen molar-refractivity contribution < 1.29 is 9.90 Å². The fourth-order valence-corrected chi connectivity index (χ4v) is 1.31. The number of carbonyl (C=O) groups excluding carboxylic acids is 1. The zero-order valence-electron chi connectivity index (χ0n) is 6.99. The Kier molecular flexibility index (Phi) is 3.12. The fraction of sp³-hybridized carbons (Fsp3) is 0.667. The second-order valence-electron chi connectivity index (χ2n) is 2.99. The number of rotatable bonds is 2. The quantitative estimate of drug-likeness (QED) is 0.588. The number of carbonyl (C=O) groups is 1. The van der Waals surface area contributed by atoms with Gasteiger partial charge in [0.25, 0.3) is 0 Å². The van der Waals surface area contributed by atoms with Gasteiger partial charge in [-0.15, -0.1) is 12.3 Å². The van der Waals surface area contributed by atoms with Crippen LogP contribution in [0.3, 0.4) is 0 Å². The van der Waals surface area contributed by atoms with E-state index in [1.807, 2.05) is 0 Å². The summed E-state index contributed by atoms with van der Waals surface area (Å²) in [4.78, 5) is 12.9. The third kappa shape index (κ3) is 2.24. The monoisotopic (exact) mass is 167 g/mol. The van der Waals surface area contributed by atoms with Crippen molar-refractivity contribution in [1.29, 1.82) is 0 Å². The SMILES string of the molecule is C#CCCC(=O)N1CC[C@H](O)C1. The van der Waals surface area contributed by atoms with Crippen LogP contribution in [0.15, 0.2) is 0 Å². The van der Waals surface area contributed by atoms with Crippen LogP contribution in [0.5, 0.6) is 0 Å². The molecule has 1 aliphatic heterocycles. The number of hydrogen-bond donors (Lipinski definition) is 1. The molecular formula is C9H13NO2. The average molecular weight is 167 g/mol. The van der Waals surface area contributed by atoms with Gasteiger partial charge in [-0.25, -0.2) is 0 Å². The molecule has 66 valence electrons. The van der Waals surface area contributed by atoms with Crippen LogP contribution in [-0.2, 0) is 4.79 Å². The molecule has 1 heterocycles. The second-order valence-corrected chi connectivity index (χ2v) is 2.99. The number of terminal acetylenes is 1. The summed E-state index contributed by atoms with van der Waals surface area (Å²) in [6.07, 6.45) is 6.29. The predicted octanol–water partition coefficient (Wildman–Crippen LogP) is -0.00700. The van der Waals surface area contributed by atoms with Gasteiger partial charge in [0.1, 0.15) is 0 Å². The van der Waals surface area contributed by atoms with Gasteiger partial charge in [-0.05, 0) is 6.42 Å². The second kappa shape index (κ2) is 4.13. The summed E-state index contributed by atoms with van der Waals surface area (Å²) >= 11 is 0. The number of nitrogens with zero attached hydrogens (tertiary/aromatic N) is 1. The van der Waals surface area contributed by atoms with E-state index in [-0.39, 0.29) is 12.0 Å². The van der Waals surface area contributed by atoms with Gasteiger partial charge in [0, 0.05) is 25.9 Å². The Morgan fingerprint density at radius 3 is 3.00 bits per heavy atom. The first-order valence-electron chi connectivity index (χ1n) is 4.13. The molecule has 3 heteroatoms.